The van der Waals surface area contributed by atoms with Gasteiger partial charge in [-0.1, -0.05) is 12.1 Å². The molecule has 0 aliphatic carbocycles. The van der Waals surface area contributed by atoms with Crippen LogP contribution < -0.4 is 10.1 Å². The second-order valence-corrected chi connectivity index (χ2v) is 6.45. The molecule has 5 heteroatoms. The summed E-state index contributed by atoms with van der Waals surface area (Å²) in [6.45, 7) is 2.56. The molecule has 3 rings (SSSR count). The monoisotopic (exact) mass is 342 g/mol. The summed E-state index contributed by atoms with van der Waals surface area (Å²) < 4.78 is 18.9. The van der Waals surface area contributed by atoms with E-state index in [2.05, 4.69) is 17.3 Å². The van der Waals surface area contributed by atoms with Gasteiger partial charge in [-0.3, -0.25) is 4.79 Å². The lowest BCUT2D eigenvalue weighted by Gasteiger charge is -2.29. The Morgan fingerprint density at radius 2 is 1.76 bits per heavy atom. The highest BCUT2D eigenvalue weighted by Gasteiger charge is 2.17. The van der Waals surface area contributed by atoms with E-state index in [1.165, 1.54) is 24.3 Å². The first-order chi connectivity index (χ1) is 12.1. The smallest absolute Gasteiger partial charge is 0.251 e. The van der Waals surface area contributed by atoms with Gasteiger partial charge in [0.15, 0.2) is 0 Å². The minimum Gasteiger partial charge on any atom is -0.490 e. The molecule has 0 atom stereocenters. The van der Waals surface area contributed by atoms with Crippen LogP contribution in [0.15, 0.2) is 48.5 Å². The number of hydrogen-bond donors (Lipinski definition) is 1. The van der Waals surface area contributed by atoms with Crippen molar-refractivity contribution in [1.82, 2.24) is 10.2 Å². The molecule has 1 fully saturated rings. The molecule has 1 aliphatic rings. The van der Waals surface area contributed by atoms with Crippen LogP contribution in [-0.4, -0.2) is 37.0 Å². The summed E-state index contributed by atoms with van der Waals surface area (Å²) in [5.41, 5.74) is 1.44. The van der Waals surface area contributed by atoms with E-state index >= 15 is 0 Å². The highest BCUT2D eigenvalue weighted by atomic mass is 19.1. The maximum atomic E-state index is 12.9. The van der Waals surface area contributed by atoms with Crippen LogP contribution in [0.2, 0.25) is 0 Å². The number of amides is 1. The Morgan fingerprint density at radius 3 is 2.40 bits per heavy atom. The maximum Gasteiger partial charge on any atom is 0.251 e. The molecule has 1 amide bonds. The highest BCUT2D eigenvalue weighted by molar-refractivity contribution is 5.94. The fourth-order valence-electron chi connectivity index (χ4n) is 2.87. The lowest BCUT2D eigenvalue weighted by atomic mass is 10.1. The van der Waals surface area contributed by atoms with Gasteiger partial charge >= 0.3 is 0 Å². The third-order valence-electron chi connectivity index (χ3n) is 4.45. The van der Waals surface area contributed by atoms with E-state index in [1.807, 2.05) is 24.3 Å². The van der Waals surface area contributed by atoms with Crippen LogP contribution in [0.25, 0.3) is 0 Å². The number of benzene rings is 2. The number of carbonyl (C=O) groups excluding carboxylic acids is 1. The largest absolute Gasteiger partial charge is 0.490 e. The van der Waals surface area contributed by atoms with Crippen molar-refractivity contribution in [3.63, 3.8) is 0 Å². The van der Waals surface area contributed by atoms with E-state index in [0.717, 1.165) is 37.2 Å². The summed E-state index contributed by atoms with van der Waals surface area (Å²) in [6.07, 6.45) is 2.37. The van der Waals surface area contributed by atoms with Crippen LogP contribution in [-0.2, 0) is 6.54 Å². The van der Waals surface area contributed by atoms with Gasteiger partial charge in [-0.05, 0) is 61.9 Å². The van der Waals surface area contributed by atoms with Crippen molar-refractivity contribution in [2.24, 2.45) is 0 Å². The van der Waals surface area contributed by atoms with Crippen molar-refractivity contribution in [2.75, 3.05) is 20.1 Å². The maximum absolute atomic E-state index is 12.9. The van der Waals surface area contributed by atoms with Crippen molar-refractivity contribution >= 4 is 5.91 Å². The van der Waals surface area contributed by atoms with E-state index in [9.17, 15) is 9.18 Å². The van der Waals surface area contributed by atoms with Crippen molar-refractivity contribution in [3.05, 3.63) is 65.5 Å². The summed E-state index contributed by atoms with van der Waals surface area (Å²) in [7, 11) is 2.13. The predicted molar refractivity (Wildman–Crippen MR) is 95.2 cm³/mol. The second kappa shape index (κ2) is 8.12. The van der Waals surface area contributed by atoms with Crippen molar-refractivity contribution in [1.29, 1.82) is 0 Å². The molecule has 0 bridgehead atoms. The number of nitrogens with one attached hydrogen (secondary N) is 1. The van der Waals surface area contributed by atoms with Gasteiger partial charge in [0.25, 0.3) is 5.91 Å². The van der Waals surface area contributed by atoms with Gasteiger partial charge in [0.05, 0.1) is 0 Å². The number of hydrogen-bond acceptors (Lipinski definition) is 3. The molecule has 0 saturated carbocycles. The van der Waals surface area contributed by atoms with E-state index in [-0.39, 0.29) is 17.8 Å². The van der Waals surface area contributed by atoms with Gasteiger partial charge in [-0.25, -0.2) is 4.39 Å². The lowest BCUT2D eigenvalue weighted by molar-refractivity contribution is 0.0951. The van der Waals surface area contributed by atoms with E-state index in [4.69, 9.17) is 4.74 Å². The molecule has 1 N–H and O–H groups in total. The van der Waals surface area contributed by atoms with E-state index < -0.39 is 0 Å². The number of carbonyl (C=O) groups is 1. The number of piperidine rings is 1. The van der Waals surface area contributed by atoms with Crippen LogP contribution in [0, 0.1) is 5.82 Å². The number of ether oxygens (including phenoxy) is 1. The van der Waals surface area contributed by atoms with Crippen LogP contribution in [0.5, 0.6) is 5.75 Å². The van der Waals surface area contributed by atoms with Crippen molar-refractivity contribution in [2.45, 2.75) is 25.5 Å². The fourth-order valence-corrected chi connectivity index (χ4v) is 2.87. The molecule has 4 nitrogen and oxygen atoms in total. The average molecular weight is 342 g/mol. The summed E-state index contributed by atoms with van der Waals surface area (Å²) in [6, 6.07) is 13.3. The molecule has 0 unspecified atom stereocenters. The molecule has 1 aliphatic heterocycles. The molecular weight excluding hydrogens is 319 g/mol. The molecule has 1 saturated heterocycles. The van der Waals surface area contributed by atoms with Gasteiger partial charge < -0.3 is 15.0 Å². The number of rotatable bonds is 5. The van der Waals surface area contributed by atoms with Gasteiger partial charge in [0.1, 0.15) is 17.7 Å². The quantitative estimate of drug-likeness (QED) is 0.907. The topological polar surface area (TPSA) is 41.6 Å². The minimum absolute atomic E-state index is 0.216. The fraction of sp³-hybridized carbons (Fsp3) is 0.350. The first-order valence-electron chi connectivity index (χ1n) is 8.58. The third-order valence-corrected chi connectivity index (χ3v) is 4.45. The Balaban J connectivity index is 1.49. The summed E-state index contributed by atoms with van der Waals surface area (Å²) in [4.78, 5) is 14.3. The van der Waals surface area contributed by atoms with Gasteiger partial charge in [0.2, 0.25) is 0 Å². The van der Waals surface area contributed by atoms with Crippen molar-refractivity contribution < 1.29 is 13.9 Å². The molecule has 0 spiro atoms. The van der Waals surface area contributed by atoms with E-state index in [1.54, 1.807) is 0 Å². The summed E-state index contributed by atoms with van der Waals surface area (Å²) in [5, 5.41) is 2.83. The summed E-state index contributed by atoms with van der Waals surface area (Å²) in [5.74, 6) is 0.298. The molecule has 1 heterocycles. The molecule has 2 aromatic carbocycles. The average Bonchev–Trinajstić information content (AvgIpc) is 2.63. The van der Waals surface area contributed by atoms with Crippen LogP contribution >= 0.6 is 0 Å². The first-order valence-corrected chi connectivity index (χ1v) is 8.58. The predicted octanol–water partition coefficient (Wildman–Crippen LogP) is 3.23. The van der Waals surface area contributed by atoms with Crippen LogP contribution in [0.4, 0.5) is 4.39 Å². The van der Waals surface area contributed by atoms with Crippen LogP contribution in [0.3, 0.4) is 0 Å². The summed E-state index contributed by atoms with van der Waals surface area (Å²) >= 11 is 0. The Bertz CT molecular complexity index is 693. The third kappa shape index (κ3) is 5.03. The Morgan fingerprint density at radius 1 is 1.12 bits per heavy atom. The normalized spacial score (nSPS) is 15.8. The molecule has 0 radical (unpaired) electrons. The molecule has 132 valence electrons. The Kier molecular flexibility index (Phi) is 5.66. The zero-order chi connectivity index (χ0) is 17.6. The Hall–Kier alpha value is -2.40. The number of nitrogens with zero attached hydrogens (tertiary/aromatic N) is 1. The van der Waals surface area contributed by atoms with Crippen molar-refractivity contribution in [3.8, 4) is 5.75 Å². The van der Waals surface area contributed by atoms with Gasteiger partial charge in [-0.15, -0.1) is 0 Å². The first kappa shape index (κ1) is 17.4. The molecule has 25 heavy (non-hydrogen) atoms. The standard InChI is InChI=1S/C20H23FN2O2/c1-23-12-10-19(11-13-23)25-18-8-2-15(3-9-18)14-22-20(24)16-4-6-17(21)7-5-16/h2-9,19H,10-14H2,1H3,(H,22,24). The second-order valence-electron chi connectivity index (χ2n) is 6.45. The zero-order valence-corrected chi connectivity index (χ0v) is 14.4. The molecule has 0 aromatic heterocycles. The Labute approximate surface area is 147 Å². The molecule has 2 aromatic rings. The minimum atomic E-state index is -0.350. The molecular formula is C20H23FN2O2. The zero-order valence-electron chi connectivity index (χ0n) is 14.4. The van der Waals surface area contributed by atoms with Crippen LogP contribution in [0.1, 0.15) is 28.8 Å². The van der Waals surface area contributed by atoms with Gasteiger partial charge in [-0.2, -0.15) is 0 Å². The SMILES string of the molecule is CN1CCC(Oc2ccc(CNC(=O)c3ccc(F)cc3)cc2)CC1. The van der Waals surface area contributed by atoms with Gasteiger partial charge in [0, 0.05) is 25.2 Å². The van der Waals surface area contributed by atoms with E-state index in [0.29, 0.717) is 12.1 Å². The highest BCUT2D eigenvalue weighted by Crippen LogP contribution is 2.19. The number of halogens is 1. The number of likely N-dealkylation sites (tertiary alicyclic amines) is 1. The lowest BCUT2D eigenvalue weighted by Crippen LogP contribution is -2.35.